The summed E-state index contributed by atoms with van der Waals surface area (Å²) in [6.45, 7) is 4.71. The Kier molecular flexibility index (Phi) is 6.06. The predicted octanol–water partition coefficient (Wildman–Crippen LogP) is 10.3. The molecule has 1 aliphatic carbocycles. The van der Waals surface area contributed by atoms with E-state index in [1.807, 2.05) is 0 Å². The maximum absolute atomic E-state index is 3.92. The number of hydrogen-bond acceptors (Lipinski definition) is 2. The van der Waals surface area contributed by atoms with E-state index in [4.69, 9.17) is 0 Å². The van der Waals surface area contributed by atoms with Gasteiger partial charge in [0.15, 0.2) is 6.29 Å². The molecule has 46 heavy (non-hydrogen) atoms. The molecule has 2 atom stereocenters. The fraction of sp³-hybridized carbons (Fsp3) is 0.116. The molecule has 1 aliphatic heterocycles. The molecule has 0 amide bonds. The Labute approximate surface area is 269 Å². The van der Waals surface area contributed by atoms with Crippen molar-refractivity contribution in [1.29, 1.82) is 0 Å². The van der Waals surface area contributed by atoms with Crippen LogP contribution in [0.15, 0.2) is 152 Å². The third-order valence-corrected chi connectivity index (χ3v) is 10.1. The Morgan fingerprint density at radius 3 is 2.07 bits per heavy atom. The van der Waals surface area contributed by atoms with Gasteiger partial charge in [-0.2, -0.15) is 0 Å². The Hall–Kier alpha value is -5.38. The van der Waals surface area contributed by atoms with Gasteiger partial charge in [0.2, 0.25) is 0 Å². The summed E-state index contributed by atoms with van der Waals surface area (Å²) in [6, 6.07) is 51.0. The number of hydrogen-bond donors (Lipinski definition) is 2. The lowest BCUT2D eigenvalue weighted by Gasteiger charge is -2.31. The van der Waals surface area contributed by atoms with Gasteiger partial charge in [-0.25, -0.2) is 0 Å². The molecule has 6 aromatic carbocycles. The Morgan fingerprint density at radius 1 is 0.543 bits per heavy atom. The summed E-state index contributed by atoms with van der Waals surface area (Å²) >= 11 is 0. The summed E-state index contributed by atoms with van der Waals surface area (Å²) in [5.41, 5.74) is 14.1. The highest BCUT2D eigenvalue weighted by Crippen LogP contribution is 2.50. The lowest BCUT2D eigenvalue weighted by molar-refractivity contribution is 0.342. The zero-order chi connectivity index (χ0) is 30.8. The first-order chi connectivity index (χ1) is 22.6. The summed E-state index contributed by atoms with van der Waals surface area (Å²) < 4.78 is 2.45. The third kappa shape index (κ3) is 4.16. The van der Waals surface area contributed by atoms with Crippen molar-refractivity contribution in [2.24, 2.45) is 0 Å². The minimum atomic E-state index is -0.107. The standard InChI is InChI=1S/C43H35N3/c1-43(2)37-17-8-6-15-33(37)35-26-36-34-16-7-9-18-40(34)46(41(36)27-38(35)43)42-44-24-23-39(45-42)30-21-19-29(20-22-30)32-14-10-13-31(25-32)28-11-4-3-5-12-28/h3-27,39,42,44-45H,1-2H3. The lowest BCUT2D eigenvalue weighted by Crippen LogP contribution is -2.40. The first kappa shape index (κ1) is 27.0. The molecule has 0 saturated carbocycles. The first-order valence-corrected chi connectivity index (χ1v) is 16.2. The molecular weight excluding hydrogens is 558 g/mol. The number of nitrogens with one attached hydrogen (secondary N) is 2. The van der Waals surface area contributed by atoms with Crippen LogP contribution in [0.25, 0.3) is 55.2 Å². The van der Waals surface area contributed by atoms with Crippen molar-refractivity contribution in [3.63, 3.8) is 0 Å². The van der Waals surface area contributed by atoms with E-state index in [0.29, 0.717) is 0 Å². The van der Waals surface area contributed by atoms with Crippen LogP contribution in [0, 0.1) is 0 Å². The second-order valence-corrected chi connectivity index (χ2v) is 13.1. The normalized spacial score (nSPS) is 18.0. The summed E-state index contributed by atoms with van der Waals surface area (Å²) in [4.78, 5) is 0. The molecule has 0 radical (unpaired) electrons. The van der Waals surface area contributed by atoms with E-state index >= 15 is 0 Å². The third-order valence-electron chi connectivity index (χ3n) is 10.1. The van der Waals surface area contributed by atoms with Crippen molar-refractivity contribution < 1.29 is 0 Å². The zero-order valence-corrected chi connectivity index (χ0v) is 26.0. The quantitative estimate of drug-likeness (QED) is 0.213. The van der Waals surface area contributed by atoms with Gasteiger partial charge in [0.05, 0.1) is 17.1 Å². The summed E-state index contributed by atoms with van der Waals surface area (Å²) in [5.74, 6) is 0. The molecule has 2 aliphatic rings. The second kappa shape index (κ2) is 10.3. The number of benzene rings is 6. The Bertz CT molecular complexity index is 2290. The lowest BCUT2D eigenvalue weighted by atomic mass is 9.82. The smallest absolute Gasteiger partial charge is 0.160 e. The van der Waals surface area contributed by atoms with Gasteiger partial charge >= 0.3 is 0 Å². The molecule has 9 rings (SSSR count). The fourth-order valence-electron chi connectivity index (χ4n) is 7.74. The van der Waals surface area contributed by atoms with Crippen LogP contribution in [0.1, 0.15) is 42.9 Å². The molecule has 1 aromatic heterocycles. The van der Waals surface area contributed by atoms with Crippen LogP contribution in [0.4, 0.5) is 0 Å². The molecule has 0 bridgehead atoms. The Balaban J connectivity index is 1.07. The van der Waals surface area contributed by atoms with Gasteiger partial charge in [-0.05, 0) is 86.6 Å². The molecule has 2 N–H and O–H groups in total. The van der Waals surface area contributed by atoms with Crippen LogP contribution in [0.2, 0.25) is 0 Å². The topological polar surface area (TPSA) is 29.0 Å². The van der Waals surface area contributed by atoms with Gasteiger partial charge in [-0.1, -0.05) is 129 Å². The highest BCUT2D eigenvalue weighted by Gasteiger charge is 2.36. The molecule has 2 heterocycles. The molecule has 222 valence electrons. The van der Waals surface area contributed by atoms with Crippen LogP contribution in [0.5, 0.6) is 0 Å². The summed E-state index contributed by atoms with van der Waals surface area (Å²) in [6.07, 6.45) is 4.22. The van der Waals surface area contributed by atoms with Gasteiger partial charge in [0.1, 0.15) is 0 Å². The minimum Gasteiger partial charge on any atom is -0.359 e. The number of fused-ring (bicyclic) bond motifs is 6. The van der Waals surface area contributed by atoms with Crippen LogP contribution in [-0.4, -0.2) is 4.57 Å². The zero-order valence-electron chi connectivity index (χ0n) is 26.0. The maximum Gasteiger partial charge on any atom is 0.160 e. The van der Waals surface area contributed by atoms with Gasteiger partial charge in [-0.15, -0.1) is 0 Å². The molecule has 3 nitrogen and oxygen atoms in total. The molecule has 3 heteroatoms. The monoisotopic (exact) mass is 593 g/mol. The number of para-hydroxylation sites is 1. The molecule has 0 saturated heterocycles. The maximum atomic E-state index is 3.92. The van der Waals surface area contributed by atoms with Crippen LogP contribution in [-0.2, 0) is 5.41 Å². The van der Waals surface area contributed by atoms with E-state index in [1.54, 1.807) is 0 Å². The highest BCUT2D eigenvalue weighted by atomic mass is 15.3. The molecule has 0 spiro atoms. The average Bonchev–Trinajstić information content (AvgIpc) is 3.56. The van der Waals surface area contributed by atoms with E-state index < -0.39 is 0 Å². The van der Waals surface area contributed by atoms with Gasteiger partial charge in [0.25, 0.3) is 0 Å². The van der Waals surface area contributed by atoms with Gasteiger partial charge < -0.3 is 9.88 Å². The van der Waals surface area contributed by atoms with Crippen LogP contribution in [0.3, 0.4) is 0 Å². The van der Waals surface area contributed by atoms with E-state index in [-0.39, 0.29) is 17.7 Å². The fourth-order valence-corrected chi connectivity index (χ4v) is 7.74. The van der Waals surface area contributed by atoms with Crippen molar-refractivity contribution in [3.8, 4) is 33.4 Å². The average molecular weight is 594 g/mol. The Morgan fingerprint density at radius 2 is 1.24 bits per heavy atom. The largest absolute Gasteiger partial charge is 0.359 e. The molecule has 0 fully saturated rings. The number of nitrogens with zero attached hydrogens (tertiary/aromatic N) is 1. The van der Waals surface area contributed by atoms with Crippen molar-refractivity contribution in [1.82, 2.24) is 15.2 Å². The second-order valence-electron chi connectivity index (χ2n) is 13.1. The first-order valence-electron chi connectivity index (χ1n) is 16.2. The van der Waals surface area contributed by atoms with E-state index in [0.717, 1.165) is 0 Å². The molecule has 2 unspecified atom stereocenters. The van der Waals surface area contributed by atoms with E-state index in [1.165, 1.54) is 71.9 Å². The summed E-state index contributed by atoms with van der Waals surface area (Å²) in [7, 11) is 0. The van der Waals surface area contributed by atoms with Crippen molar-refractivity contribution in [3.05, 3.63) is 168 Å². The molecule has 7 aromatic rings. The van der Waals surface area contributed by atoms with Gasteiger partial charge in [-0.3, -0.25) is 5.32 Å². The van der Waals surface area contributed by atoms with Crippen LogP contribution < -0.4 is 10.6 Å². The predicted molar refractivity (Wildman–Crippen MR) is 192 cm³/mol. The van der Waals surface area contributed by atoms with Crippen molar-refractivity contribution in [2.75, 3.05) is 0 Å². The van der Waals surface area contributed by atoms with E-state index in [9.17, 15) is 0 Å². The van der Waals surface area contributed by atoms with Crippen molar-refractivity contribution in [2.45, 2.75) is 31.6 Å². The minimum absolute atomic E-state index is 0.0559. The number of rotatable bonds is 4. The van der Waals surface area contributed by atoms with Gasteiger partial charge in [0, 0.05) is 16.2 Å². The van der Waals surface area contributed by atoms with Crippen LogP contribution >= 0.6 is 0 Å². The van der Waals surface area contributed by atoms with Crippen molar-refractivity contribution >= 4 is 21.8 Å². The SMILES string of the molecule is CC1(C)c2ccccc2-c2cc3c4ccccc4n(C4NC=CC(c5ccc(-c6cccc(-c7ccccc7)c6)cc5)N4)c3cc21. The molecular formula is C43H35N3. The highest BCUT2D eigenvalue weighted by molar-refractivity contribution is 6.10. The van der Waals surface area contributed by atoms with E-state index in [2.05, 4.69) is 181 Å². The summed E-state index contributed by atoms with van der Waals surface area (Å²) in [5, 5.41) is 10.1. The number of aromatic nitrogens is 1.